The topological polar surface area (TPSA) is 27.0 Å². The lowest BCUT2D eigenvalue weighted by atomic mass is 10.1. The van der Waals surface area contributed by atoms with Crippen LogP contribution >= 0.6 is 0 Å². The number of nitriles is 1. The third kappa shape index (κ3) is 3.34. The number of nitrogens with zero attached hydrogens (tertiary/aromatic N) is 2. The van der Waals surface area contributed by atoms with Crippen molar-refractivity contribution in [2.24, 2.45) is 11.8 Å². The Labute approximate surface area is 109 Å². The highest BCUT2D eigenvalue weighted by Gasteiger charge is 2.28. The molecular weight excluding hydrogens is 220 g/mol. The Morgan fingerprint density at radius 3 is 2.00 bits per heavy atom. The summed E-state index contributed by atoms with van der Waals surface area (Å²) in [4.78, 5) is 2.62. The second-order valence-corrected chi connectivity index (χ2v) is 5.89. The van der Waals surface area contributed by atoms with Gasteiger partial charge in [-0.25, -0.2) is 0 Å². The van der Waals surface area contributed by atoms with Crippen LogP contribution in [0.3, 0.4) is 0 Å². The lowest BCUT2D eigenvalue weighted by molar-refractivity contribution is 0.244. The minimum atomic E-state index is 0.759. The highest BCUT2D eigenvalue weighted by atomic mass is 15.1. The molecule has 0 spiro atoms. The van der Waals surface area contributed by atoms with E-state index in [4.69, 9.17) is 5.26 Å². The van der Waals surface area contributed by atoms with Crippen LogP contribution in [0.2, 0.25) is 0 Å². The second-order valence-electron chi connectivity index (χ2n) is 5.89. The van der Waals surface area contributed by atoms with Crippen LogP contribution in [0, 0.1) is 23.2 Å². The Bertz CT molecular complexity index is 421. The molecule has 2 aliphatic carbocycles. The Morgan fingerprint density at radius 2 is 1.56 bits per heavy atom. The van der Waals surface area contributed by atoms with E-state index in [1.54, 1.807) is 0 Å². The molecule has 0 bridgehead atoms. The molecule has 2 saturated carbocycles. The molecule has 2 heteroatoms. The van der Waals surface area contributed by atoms with Crippen LogP contribution in [0.5, 0.6) is 0 Å². The predicted molar refractivity (Wildman–Crippen MR) is 71.9 cm³/mol. The monoisotopic (exact) mass is 240 g/mol. The van der Waals surface area contributed by atoms with Gasteiger partial charge in [-0.1, -0.05) is 12.1 Å². The minimum absolute atomic E-state index is 0.759. The molecule has 0 radical (unpaired) electrons. The van der Waals surface area contributed by atoms with Gasteiger partial charge >= 0.3 is 0 Å². The number of rotatable bonds is 6. The highest BCUT2D eigenvalue weighted by Crippen LogP contribution is 2.34. The van der Waals surface area contributed by atoms with Gasteiger partial charge in [0.25, 0.3) is 0 Å². The zero-order valence-corrected chi connectivity index (χ0v) is 10.8. The zero-order chi connectivity index (χ0) is 12.4. The third-order valence-electron chi connectivity index (χ3n) is 3.92. The Hall–Kier alpha value is -1.33. The fraction of sp³-hybridized carbons (Fsp3) is 0.562. The molecule has 0 saturated heterocycles. The summed E-state index contributed by atoms with van der Waals surface area (Å²) in [6.07, 6.45) is 5.70. The van der Waals surface area contributed by atoms with Gasteiger partial charge in [-0.3, -0.25) is 4.90 Å². The highest BCUT2D eigenvalue weighted by molar-refractivity contribution is 5.31. The molecule has 2 aliphatic rings. The molecule has 0 N–H and O–H groups in total. The first-order chi connectivity index (χ1) is 8.83. The fourth-order valence-corrected chi connectivity index (χ4v) is 2.48. The number of hydrogen-bond donors (Lipinski definition) is 0. The van der Waals surface area contributed by atoms with E-state index in [-0.39, 0.29) is 0 Å². The van der Waals surface area contributed by atoms with Crippen molar-refractivity contribution < 1.29 is 0 Å². The van der Waals surface area contributed by atoms with Crippen molar-refractivity contribution >= 4 is 0 Å². The summed E-state index contributed by atoms with van der Waals surface area (Å²) in [5, 5.41) is 8.80. The maximum Gasteiger partial charge on any atom is 0.0991 e. The summed E-state index contributed by atoms with van der Waals surface area (Å²) in [6.45, 7) is 3.60. The molecule has 0 heterocycles. The average molecular weight is 240 g/mol. The van der Waals surface area contributed by atoms with Gasteiger partial charge in [0.15, 0.2) is 0 Å². The zero-order valence-electron chi connectivity index (χ0n) is 10.8. The standard InChI is InChI=1S/C16H20N2/c17-9-13-1-3-14(4-2-13)10-18(11-15-5-6-15)12-16-7-8-16/h1-4,15-16H,5-8,10-12H2. The van der Waals surface area contributed by atoms with Gasteiger partial charge < -0.3 is 0 Å². The maximum absolute atomic E-state index is 8.80. The summed E-state index contributed by atoms with van der Waals surface area (Å²) < 4.78 is 0. The smallest absolute Gasteiger partial charge is 0.0991 e. The van der Waals surface area contributed by atoms with Crippen molar-refractivity contribution in [3.63, 3.8) is 0 Å². The normalized spacial score (nSPS) is 18.9. The van der Waals surface area contributed by atoms with Gasteiger partial charge in [0.05, 0.1) is 11.6 Å². The molecule has 1 aromatic carbocycles. The van der Waals surface area contributed by atoms with Crippen molar-refractivity contribution in [3.8, 4) is 6.07 Å². The first-order valence-electron chi connectivity index (χ1n) is 7.05. The van der Waals surface area contributed by atoms with Gasteiger partial charge in [0.2, 0.25) is 0 Å². The predicted octanol–water partition coefficient (Wildman–Crippen LogP) is 3.18. The molecule has 94 valence electrons. The van der Waals surface area contributed by atoms with E-state index in [1.807, 2.05) is 12.1 Å². The van der Waals surface area contributed by atoms with E-state index >= 15 is 0 Å². The fourth-order valence-electron chi connectivity index (χ4n) is 2.48. The van der Waals surface area contributed by atoms with Gasteiger partial charge in [-0.05, 0) is 55.2 Å². The van der Waals surface area contributed by atoms with Crippen LogP contribution < -0.4 is 0 Å². The Kier molecular flexibility index (Phi) is 3.34. The first-order valence-corrected chi connectivity index (χ1v) is 7.05. The van der Waals surface area contributed by atoms with Gasteiger partial charge in [0.1, 0.15) is 0 Å². The van der Waals surface area contributed by atoms with E-state index in [0.717, 1.165) is 23.9 Å². The molecule has 3 rings (SSSR count). The van der Waals surface area contributed by atoms with E-state index in [1.165, 1.54) is 44.3 Å². The van der Waals surface area contributed by atoms with Crippen LogP contribution in [0.4, 0.5) is 0 Å². The number of hydrogen-bond acceptors (Lipinski definition) is 2. The minimum Gasteiger partial charge on any atom is -0.299 e. The molecular formula is C16H20N2. The van der Waals surface area contributed by atoms with Crippen molar-refractivity contribution in [3.05, 3.63) is 35.4 Å². The van der Waals surface area contributed by atoms with Gasteiger partial charge in [-0.15, -0.1) is 0 Å². The molecule has 2 fully saturated rings. The summed E-state index contributed by atoms with van der Waals surface area (Å²) in [7, 11) is 0. The summed E-state index contributed by atoms with van der Waals surface area (Å²) >= 11 is 0. The van der Waals surface area contributed by atoms with Gasteiger partial charge in [-0.2, -0.15) is 5.26 Å². The van der Waals surface area contributed by atoms with E-state index < -0.39 is 0 Å². The summed E-state index contributed by atoms with van der Waals surface area (Å²) in [5.41, 5.74) is 2.10. The van der Waals surface area contributed by atoms with Gasteiger partial charge in [0, 0.05) is 19.6 Å². The van der Waals surface area contributed by atoms with Crippen LogP contribution in [-0.4, -0.2) is 18.0 Å². The van der Waals surface area contributed by atoms with E-state index in [9.17, 15) is 0 Å². The number of benzene rings is 1. The maximum atomic E-state index is 8.80. The van der Waals surface area contributed by atoms with Crippen molar-refractivity contribution in [1.29, 1.82) is 5.26 Å². The largest absolute Gasteiger partial charge is 0.299 e. The van der Waals surface area contributed by atoms with Crippen LogP contribution in [0.1, 0.15) is 36.8 Å². The average Bonchev–Trinajstić information content (AvgIpc) is 3.26. The van der Waals surface area contributed by atoms with Crippen molar-refractivity contribution in [2.75, 3.05) is 13.1 Å². The van der Waals surface area contributed by atoms with Crippen LogP contribution in [0.15, 0.2) is 24.3 Å². The molecule has 2 nitrogen and oxygen atoms in total. The van der Waals surface area contributed by atoms with E-state index in [0.29, 0.717) is 0 Å². The molecule has 1 aromatic rings. The third-order valence-corrected chi connectivity index (χ3v) is 3.92. The van der Waals surface area contributed by atoms with Crippen molar-refractivity contribution in [1.82, 2.24) is 4.90 Å². The molecule has 0 atom stereocenters. The van der Waals surface area contributed by atoms with Crippen molar-refractivity contribution in [2.45, 2.75) is 32.2 Å². The lowest BCUT2D eigenvalue weighted by Gasteiger charge is -2.22. The summed E-state index contributed by atoms with van der Waals surface area (Å²) in [5.74, 6) is 1.92. The molecule has 18 heavy (non-hydrogen) atoms. The molecule has 0 amide bonds. The van der Waals surface area contributed by atoms with Crippen LogP contribution in [0.25, 0.3) is 0 Å². The molecule has 0 aromatic heterocycles. The molecule has 0 unspecified atom stereocenters. The summed E-state index contributed by atoms with van der Waals surface area (Å²) in [6, 6.07) is 10.2. The van der Waals surface area contributed by atoms with Crippen LogP contribution in [-0.2, 0) is 6.54 Å². The van der Waals surface area contributed by atoms with E-state index in [2.05, 4.69) is 23.1 Å². The second kappa shape index (κ2) is 5.12. The lowest BCUT2D eigenvalue weighted by Crippen LogP contribution is -2.27. The Morgan fingerprint density at radius 1 is 1.00 bits per heavy atom. The quantitative estimate of drug-likeness (QED) is 0.763. The first kappa shape index (κ1) is 11.7. The Balaban J connectivity index is 1.60. The molecule has 0 aliphatic heterocycles. The SMILES string of the molecule is N#Cc1ccc(CN(CC2CC2)CC2CC2)cc1.